The molecule has 2 amide bonds. The fourth-order valence-electron chi connectivity index (χ4n) is 2.86. The molecule has 0 bridgehead atoms. The van der Waals surface area contributed by atoms with E-state index in [-0.39, 0.29) is 25.7 Å². The van der Waals surface area contributed by atoms with Gasteiger partial charge in [-0.2, -0.15) is 0 Å². The van der Waals surface area contributed by atoms with Gasteiger partial charge >= 0.3 is 6.09 Å². The predicted octanol–water partition coefficient (Wildman–Crippen LogP) is 3.28. The van der Waals surface area contributed by atoms with E-state index in [2.05, 4.69) is 31.7 Å². The van der Waals surface area contributed by atoms with Crippen molar-refractivity contribution in [3.8, 4) is 0 Å². The molecule has 7 nitrogen and oxygen atoms in total. The number of alkyl carbamates (subject to hydrolysis) is 1. The normalized spacial score (nSPS) is 16.2. The van der Waals surface area contributed by atoms with Crippen molar-refractivity contribution in [1.29, 1.82) is 0 Å². The van der Waals surface area contributed by atoms with E-state index in [1.54, 1.807) is 12.1 Å². The van der Waals surface area contributed by atoms with Gasteiger partial charge in [-0.25, -0.2) is 9.18 Å². The molecule has 2 aromatic carbocycles. The number of rotatable bonds is 8. The van der Waals surface area contributed by atoms with Crippen molar-refractivity contribution < 1.29 is 23.6 Å². The highest BCUT2D eigenvalue weighted by molar-refractivity contribution is 9.18. The number of benzene rings is 2. The molecule has 1 aliphatic rings. The van der Waals surface area contributed by atoms with Gasteiger partial charge in [0.25, 0.3) is 0 Å². The summed E-state index contributed by atoms with van der Waals surface area (Å²) in [5.41, 5.74) is 1.39. The number of amides is 2. The number of nitrogens with one attached hydrogen (secondary N) is 2. The van der Waals surface area contributed by atoms with Crippen molar-refractivity contribution in [2.45, 2.75) is 31.6 Å². The van der Waals surface area contributed by atoms with E-state index in [1.165, 1.54) is 12.1 Å². The molecule has 0 saturated carbocycles. The molecule has 9 heteroatoms. The molecule has 2 atom stereocenters. The molecule has 2 unspecified atom stereocenters. The average molecular weight is 478 g/mol. The second-order valence-electron chi connectivity index (χ2n) is 6.74. The second kappa shape index (κ2) is 10.7. The Balaban J connectivity index is 1.59. The third-order valence-corrected chi connectivity index (χ3v) is 4.82. The fraction of sp³-hybridized carbons (Fsp3) is 0.286. The summed E-state index contributed by atoms with van der Waals surface area (Å²) in [7, 11) is 0. The van der Waals surface area contributed by atoms with Gasteiger partial charge in [0.15, 0.2) is 6.10 Å². The summed E-state index contributed by atoms with van der Waals surface area (Å²) in [5, 5.41) is 9.07. The monoisotopic (exact) mass is 477 g/mol. The number of carbonyl (C=O) groups excluding carboxylic acids is 2. The molecule has 0 saturated heterocycles. The highest BCUT2D eigenvalue weighted by atomic mass is 79.9. The lowest BCUT2D eigenvalue weighted by Crippen LogP contribution is -2.49. The summed E-state index contributed by atoms with van der Waals surface area (Å²) >= 11 is 3.24. The molecular formula is C21H21BrFN3O4. The lowest BCUT2D eigenvalue weighted by molar-refractivity contribution is -0.123. The SMILES string of the molecule is O=C(NC(Cc1cccc(F)c1)C(=O)NCC1CC(Br)=NO1)OCc1ccccc1. The average Bonchev–Trinajstić information content (AvgIpc) is 3.16. The Morgan fingerprint density at radius 3 is 2.67 bits per heavy atom. The molecular weight excluding hydrogens is 457 g/mol. The van der Waals surface area contributed by atoms with Crippen molar-refractivity contribution in [3.05, 3.63) is 71.5 Å². The summed E-state index contributed by atoms with van der Waals surface area (Å²) in [6, 6.07) is 14.1. The molecule has 2 N–H and O–H groups in total. The van der Waals surface area contributed by atoms with Gasteiger partial charge in [-0.1, -0.05) is 47.6 Å². The van der Waals surface area contributed by atoms with Crippen LogP contribution in [-0.2, 0) is 27.4 Å². The van der Waals surface area contributed by atoms with Gasteiger partial charge in [-0.15, -0.1) is 0 Å². The lowest BCUT2D eigenvalue weighted by atomic mass is 10.1. The van der Waals surface area contributed by atoms with Gasteiger partial charge in [0.05, 0.1) is 6.54 Å². The van der Waals surface area contributed by atoms with E-state index < -0.39 is 23.9 Å². The molecule has 0 aliphatic carbocycles. The summed E-state index contributed by atoms with van der Waals surface area (Å²) in [5.74, 6) is -0.845. The lowest BCUT2D eigenvalue weighted by Gasteiger charge is -2.19. The van der Waals surface area contributed by atoms with Crippen LogP contribution >= 0.6 is 15.9 Å². The largest absolute Gasteiger partial charge is 0.445 e. The van der Waals surface area contributed by atoms with Gasteiger partial charge in [0.1, 0.15) is 23.1 Å². The van der Waals surface area contributed by atoms with Crippen molar-refractivity contribution in [3.63, 3.8) is 0 Å². The zero-order valence-electron chi connectivity index (χ0n) is 16.0. The van der Waals surface area contributed by atoms with Gasteiger partial charge in [-0.3, -0.25) is 4.79 Å². The van der Waals surface area contributed by atoms with Gasteiger partial charge in [-0.05, 0) is 39.2 Å². The van der Waals surface area contributed by atoms with Crippen LogP contribution < -0.4 is 10.6 Å². The number of hydrogen-bond acceptors (Lipinski definition) is 5. The van der Waals surface area contributed by atoms with Crippen molar-refractivity contribution in [2.24, 2.45) is 5.16 Å². The predicted molar refractivity (Wildman–Crippen MR) is 113 cm³/mol. The number of halogens is 2. The summed E-state index contributed by atoms with van der Waals surface area (Å²) in [4.78, 5) is 30.1. The smallest absolute Gasteiger partial charge is 0.408 e. The molecule has 2 aromatic rings. The number of oxime groups is 1. The highest BCUT2D eigenvalue weighted by Gasteiger charge is 2.25. The summed E-state index contributed by atoms with van der Waals surface area (Å²) in [6.45, 7) is 0.292. The van der Waals surface area contributed by atoms with E-state index in [9.17, 15) is 14.0 Å². The minimum atomic E-state index is -0.944. The maximum absolute atomic E-state index is 13.5. The molecule has 0 spiro atoms. The standard InChI is InChI=1S/C21H21BrFN3O4/c22-19-11-17(30-26-19)12-24-20(27)18(10-15-7-4-8-16(23)9-15)25-21(28)29-13-14-5-2-1-3-6-14/h1-9,17-18H,10-13H2,(H,24,27)(H,25,28). The van der Waals surface area contributed by atoms with Crippen molar-refractivity contribution in [2.75, 3.05) is 6.54 Å². The molecule has 1 heterocycles. The van der Waals surface area contributed by atoms with Crippen LogP contribution in [-0.4, -0.2) is 35.3 Å². The topological polar surface area (TPSA) is 89.0 Å². The van der Waals surface area contributed by atoms with E-state index >= 15 is 0 Å². The van der Waals surface area contributed by atoms with Crippen LogP contribution in [0.2, 0.25) is 0 Å². The van der Waals surface area contributed by atoms with E-state index in [1.807, 2.05) is 30.3 Å². The second-order valence-corrected chi connectivity index (χ2v) is 7.65. The van der Waals surface area contributed by atoms with Crippen LogP contribution in [0.4, 0.5) is 9.18 Å². The fourth-order valence-corrected chi connectivity index (χ4v) is 3.30. The number of carbonyl (C=O) groups is 2. The van der Waals surface area contributed by atoms with Crippen LogP contribution in [0, 0.1) is 5.82 Å². The molecule has 1 aliphatic heterocycles. The van der Waals surface area contributed by atoms with Crippen LogP contribution in [0.3, 0.4) is 0 Å². The Labute approximate surface area is 181 Å². The van der Waals surface area contributed by atoms with Crippen LogP contribution in [0.1, 0.15) is 17.5 Å². The quantitative estimate of drug-likeness (QED) is 0.610. The Bertz CT molecular complexity index is 910. The third kappa shape index (κ3) is 6.84. The van der Waals surface area contributed by atoms with Gasteiger partial charge in [0, 0.05) is 12.8 Å². The highest BCUT2D eigenvalue weighted by Crippen LogP contribution is 2.13. The van der Waals surface area contributed by atoms with Crippen LogP contribution in [0.25, 0.3) is 0 Å². The first-order valence-electron chi connectivity index (χ1n) is 9.37. The zero-order chi connectivity index (χ0) is 21.3. The maximum Gasteiger partial charge on any atom is 0.408 e. The summed E-state index contributed by atoms with van der Waals surface area (Å²) < 4.78 is 19.4. The van der Waals surface area contributed by atoms with Crippen LogP contribution in [0.15, 0.2) is 59.8 Å². The van der Waals surface area contributed by atoms with Gasteiger partial charge < -0.3 is 20.2 Å². The zero-order valence-corrected chi connectivity index (χ0v) is 17.6. The molecule has 3 rings (SSSR count). The molecule has 0 fully saturated rings. The number of hydrogen-bond donors (Lipinski definition) is 2. The number of nitrogens with zero attached hydrogens (tertiary/aromatic N) is 1. The molecule has 0 aromatic heterocycles. The van der Waals surface area contributed by atoms with E-state index in [0.717, 1.165) is 5.56 Å². The van der Waals surface area contributed by atoms with Crippen LogP contribution in [0.5, 0.6) is 0 Å². The summed E-state index contributed by atoms with van der Waals surface area (Å²) in [6.07, 6.45) is -0.376. The Kier molecular flexibility index (Phi) is 7.78. The number of ether oxygens (including phenoxy) is 1. The van der Waals surface area contributed by atoms with Gasteiger partial charge in [0.2, 0.25) is 5.91 Å². The first kappa shape index (κ1) is 21.8. The minimum absolute atomic E-state index is 0.0717. The first-order valence-corrected chi connectivity index (χ1v) is 10.2. The molecule has 0 radical (unpaired) electrons. The van der Waals surface area contributed by atoms with Crippen molar-refractivity contribution in [1.82, 2.24) is 10.6 Å². The molecule has 30 heavy (non-hydrogen) atoms. The van der Waals surface area contributed by atoms with E-state index in [0.29, 0.717) is 16.6 Å². The van der Waals surface area contributed by atoms with E-state index in [4.69, 9.17) is 9.57 Å². The first-order chi connectivity index (χ1) is 14.5. The Morgan fingerprint density at radius 2 is 1.97 bits per heavy atom. The van der Waals surface area contributed by atoms with Crippen molar-refractivity contribution >= 4 is 32.6 Å². The minimum Gasteiger partial charge on any atom is -0.445 e. The molecule has 158 valence electrons. The maximum atomic E-state index is 13.5. The third-order valence-electron chi connectivity index (χ3n) is 4.35. The Hall–Kier alpha value is -2.94. The Morgan fingerprint density at radius 1 is 1.20 bits per heavy atom.